The second-order valence-electron chi connectivity index (χ2n) is 7.89. The summed E-state index contributed by atoms with van der Waals surface area (Å²) >= 11 is 6.34. The van der Waals surface area contributed by atoms with Crippen molar-refractivity contribution in [2.45, 2.75) is 57.2 Å². The molecule has 1 unspecified atom stereocenters. The Morgan fingerprint density at radius 1 is 1.34 bits per heavy atom. The number of rotatable bonds is 7. The van der Waals surface area contributed by atoms with E-state index in [9.17, 15) is 9.90 Å². The quantitative estimate of drug-likeness (QED) is 0.702. The molecule has 2 aliphatic rings. The summed E-state index contributed by atoms with van der Waals surface area (Å²) in [6, 6.07) is 11.8. The molecule has 0 aromatic heterocycles. The van der Waals surface area contributed by atoms with Gasteiger partial charge in [0.1, 0.15) is 30.3 Å². The summed E-state index contributed by atoms with van der Waals surface area (Å²) in [5.74, 6) is 0.774. The summed E-state index contributed by atoms with van der Waals surface area (Å²) in [7, 11) is 0. The highest BCUT2D eigenvalue weighted by Gasteiger charge is 2.46. The summed E-state index contributed by atoms with van der Waals surface area (Å²) in [6.45, 7) is 2.97. The molecule has 0 saturated heterocycles. The fourth-order valence-electron chi connectivity index (χ4n) is 4.13. The molecule has 0 amide bonds. The number of nitrogens with one attached hydrogen (secondary N) is 1. The highest BCUT2D eigenvalue weighted by molar-refractivity contribution is 6.31. The first-order valence-corrected chi connectivity index (χ1v) is 10.5. The molecule has 1 saturated carbocycles. The number of carboxylic acids is 1. The minimum Gasteiger partial charge on any atom is -0.492 e. The maximum Gasteiger partial charge on any atom is 0.323 e. The zero-order valence-electron chi connectivity index (χ0n) is 16.5. The van der Waals surface area contributed by atoms with Gasteiger partial charge >= 0.3 is 5.97 Å². The number of aryl methyl sites for hydroxylation is 1. The van der Waals surface area contributed by atoms with Gasteiger partial charge in [-0.05, 0) is 55.4 Å². The number of hydrogen-bond donors (Lipinski definition) is 2. The van der Waals surface area contributed by atoms with Crippen LogP contribution in [0.1, 0.15) is 42.9 Å². The van der Waals surface area contributed by atoms with Crippen molar-refractivity contribution < 1.29 is 19.4 Å². The van der Waals surface area contributed by atoms with Gasteiger partial charge < -0.3 is 14.6 Å². The van der Waals surface area contributed by atoms with Crippen molar-refractivity contribution in [3.63, 3.8) is 0 Å². The SMILES string of the molecule is CCc1cccc(Cl)c1COc1ccc2c(c1)OCC(NC1(C(=O)O)CCC1)C2. The van der Waals surface area contributed by atoms with Crippen LogP contribution >= 0.6 is 11.6 Å². The lowest BCUT2D eigenvalue weighted by atomic mass is 9.76. The Labute approximate surface area is 176 Å². The van der Waals surface area contributed by atoms with Gasteiger partial charge in [-0.25, -0.2) is 0 Å². The summed E-state index contributed by atoms with van der Waals surface area (Å²) in [5, 5.41) is 13.6. The van der Waals surface area contributed by atoms with Gasteiger partial charge in [0.05, 0.1) is 0 Å². The lowest BCUT2D eigenvalue weighted by Crippen LogP contribution is -2.62. The third-order valence-corrected chi connectivity index (χ3v) is 6.38. The van der Waals surface area contributed by atoms with Crippen LogP contribution in [0.3, 0.4) is 0 Å². The normalized spacial score (nSPS) is 19.6. The third kappa shape index (κ3) is 4.07. The molecular formula is C23H26ClNO4. The van der Waals surface area contributed by atoms with Gasteiger partial charge in [-0.1, -0.05) is 36.7 Å². The van der Waals surface area contributed by atoms with Crippen molar-refractivity contribution in [3.8, 4) is 11.5 Å². The lowest BCUT2D eigenvalue weighted by molar-refractivity contribution is -0.149. The molecule has 1 aliphatic heterocycles. The predicted molar refractivity (Wildman–Crippen MR) is 112 cm³/mol. The van der Waals surface area contributed by atoms with Crippen LogP contribution in [0.15, 0.2) is 36.4 Å². The van der Waals surface area contributed by atoms with Crippen LogP contribution in [0.4, 0.5) is 0 Å². The number of benzene rings is 2. The van der Waals surface area contributed by atoms with Crippen LogP contribution in [-0.4, -0.2) is 29.3 Å². The van der Waals surface area contributed by atoms with E-state index < -0.39 is 11.5 Å². The van der Waals surface area contributed by atoms with Gasteiger partial charge in [0.25, 0.3) is 0 Å². The average Bonchev–Trinajstić information content (AvgIpc) is 2.69. The molecule has 0 bridgehead atoms. The minimum atomic E-state index is -0.777. The van der Waals surface area contributed by atoms with Crippen molar-refractivity contribution in [1.29, 1.82) is 0 Å². The Kier molecular flexibility index (Phi) is 5.70. The second-order valence-corrected chi connectivity index (χ2v) is 8.29. The highest BCUT2D eigenvalue weighted by atomic mass is 35.5. The van der Waals surface area contributed by atoms with Crippen molar-refractivity contribution in [3.05, 3.63) is 58.1 Å². The Bertz CT molecular complexity index is 910. The molecule has 2 aromatic carbocycles. The molecule has 4 rings (SSSR count). The van der Waals surface area contributed by atoms with Crippen molar-refractivity contribution in [2.24, 2.45) is 0 Å². The molecule has 2 aromatic rings. The van der Waals surface area contributed by atoms with E-state index in [1.165, 1.54) is 5.56 Å². The first-order chi connectivity index (χ1) is 14.0. The molecule has 2 N–H and O–H groups in total. The zero-order chi connectivity index (χ0) is 20.4. The van der Waals surface area contributed by atoms with E-state index in [1.807, 2.05) is 30.3 Å². The molecule has 0 spiro atoms. The number of halogens is 1. The molecule has 1 atom stereocenters. The van der Waals surface area contributed by atoms with Crippen molar-refractivity contribution in [2.75, 3.05) is 6.61 Å². The first kappa shape index (κ1) is 20.0. The van der Waals surface area contributed by atoms with Gasteiger partial charge in [0.2, 0.25) is 0 Å². The Hall–Kier alpha value is -2.24. The zero-order valence-corrected chi connectivity index (χ0v) is 17.3. The van der Waals surface area contributed by atoms with Gasteiger partial charge in [-0.15, -0.1) is 0 Å². The van der Waals surface area contributed by atoms with E-state index in [2.05, 4.69) is 18.3 Å². The lowest BCUT2D eigenvalue weighted by Gasteiger charge is -2.42. The minimum absolute atomic E-state index is 0.000839. The number of fused-ring (bicyclic) bond motifs is 1. The monoisotopic (exact) mass is 415 g/mol. The Morgan fingerprint density at radius 3 is 2.86 bits per heavy atom. The summed E-state index contributed by atoms with van der Waals surface area (Å²) < 4.78 is 11.9. The van der Waals surface area contributed by atoms with E-state index in [1.54, 1.807) is 0 Å². The summed E-state index contributed by atoms with van der Waals surface area (Å²) in [6.07, 6.45) is 3.96. The van der Waals surface area contributed by atoms with Crippen LogP contribution in [0.25, 0.3) is 0 Å². The first-order valence-electron chi connectivity index (χ1n) is 10.2. The van der Waals surface area contributed by atoms with Crippen LogP contribution in [0.5, 0.6) is 11.5 Å². The number of aliphatic carboxylic acids is 1. The topological polar surface area (TPSA) is 67.8 Å². The summed E-state index contributed by atoms with van der Waals surface area (Å²) in [4.78, 5) is 11.6. The molecule has 0 radical (unpaired) electrons. The van der Waals surface area contributed by atoms with E-state index >= 15 is 0 Å². The largest absolute Gasteiger partial charge is 0.492 e. The van der Waals surface area contributed by atoms with E-state index in [0.29, 0.717) is 26.1 Å². The van der Waals surface area contributed by atoms with Gasteiger partial charge in [0, 0.05) is 22.7 Å². The molecule has 1 aliphatic carbocycles. The maximum atomic E-state index is 11.6. The summed E-state index contributed by atoms with van der Waals surface area (Å²) in [5.41, 5.74) is 2.48. The van der Waals surface area contributed by atoms with Gasteiger partial charge in [-0.2, -0.15) is 0 Å². The highest BCUT2D eigenvalue weighted by Crippen LogP contribution is 2.35. The molecular weight excluding hydrogens is 390 g/mol. The maximum absolute atomic E-state index is 11.6. The number of hydrogen-bond acceptors (Lipinski definition) is 4. The van der Waals surface area contributed by atoms with E-state index in [0.717, 1.165) is 46.9 Å². The average molecular weight is 416 g/mol. The molecule has 29 heavy (non-hydrogen) atoms. The third-order valence-electron chi connectivity index (χ3n) is 6.02. The number of carboxylic acid groups (broad SMARTS) is 1. The van der Waals surface area contributed by atoms with Gasteiger partial charge in [0.15, 0.2) is 0 Å². The molecule has 6 heteroatoms. The van der Waals surface area contributed by atoms with Crippen LogP contribution < -0.4 is 14.8 Å². The Balaban J connectivity index is 1.41. The van der Waals surface area contributed by atoms with Crippen LogP contribution in [-0.2, 0) is 24.2 Å². The van der Waals surface area contributed by atoms with E-state index in [-0.39, 0.29) is 6.04 Å². The second kappa shape index (κ2) is 8.25. The number of ether oxygens (including phenoxy) is 2. The molecule has 5 nitrogen and oxygen atoms in total. The van der Waals surface area contributed by atoms with Crippen LogP contribution in [0, 0.1) is 0 Å². The van der Waals surface area contributed by atoms with Crippen molar-refractivity contribution >= 4 is 17.6 Å². The standard InChI is InChI=1S/C23H26ClNO4/c1-2-15-5-3-6-20(24)19(15)14-28-18-8-7-16-11-17(13-29-21(16)12-18)25-23(22(26)27)9-4-10-23/h3,5-8,12,17,25H,2,4,9-11,13-14H2,1H3,(H,26,27). The number of carbonyl (C=O) groups is 1. The Morgan fingerprint density at radius 2 is 2.17 bits per heavy atom. The van der Waals surface area contributed by atoms with E-state index in [4.69, 9.17) is 21.1 Å². The smallest absolute Gasteiger partial charge is 0.323 e. The molecule has 1 fully saturated rings. The van der Waals surface area contributed by atoms with Crippen molar-refractivity contribution in [1.82, 2.24) is 5.32 Å². The molecule has 1 heterocycles. The van der Waals surface area contributed by atoms with Gasteiger partial charge in [-0.3, -0.25) is 10.1 Å². The molecule has 154 valence electrons. The predicted octanol–water partition coefficient (Wildman–Crippen LogP) is 4.38. The fourth-order valence-corrected chi connectivity index (χ4v) is 4.38. The fraction of sp³-hybridized carbons (Fsp3) is 0.435. The van der Waals surface area contributed by atoms with Crippen LogP contribution in [0.2, 0.25) is 5.02 Å².